The fourth-order valence-corrected chi connectivity index (χ4v) is 9.92. The van der Waals surface area contributed by atoms with Crippen molar-refractivity contribution < 1.29 is 33.4 Å². The highest BCUT2D eigenvalue weighted by Crippen LogP contribution is 2.39. The summed E-state index contributed by atoms with van der Waals surface area (Å²) in [6.07, 6.45) is 11.4. The molecule has 320 valence electrons. The lowest BCUT2D eigenvalue weighted by Crippen LogP contribution is -2.54. The minimum Gasteiger partial charge on any atom is -0.493 e. The number of carbonyl (C=O) groups excluding carboxylic acids is 5. The van der Waals surface area contributed by atoms with Gasteiger partial charge in [-0.25, -0.2) is 0 Å². The summed E-state index contributed by atoms with van der Waals surface area (Å²) in [7, 11) is 0. The fourth-order valence-electron chi connectivity index (χ4n) is 9.71. The van der Waals surface area contributed by atoms with E-state index >= 15 is 0 Å². The zero-order chi connectivity index (χ0) is 42.5. The zero-order valence-corrected chi connectivity index (χ0v) is 35.2. The Hall–Kier alpha value is -5.45. The molecule has 0 saturated carbocycles. The zero-order valence-electron chi connectivity index (χ0n) is 34.5. The van der Waals surface area contributed by atoms with Crippen LogP contribution in [0.2, 0.25) is 5.02 Å². The maximum absolute atomic E-state index is 13.7. The van der Waals surface area contributed by atoms with Crippen LogP contribution in [0.1, 0.15) is 120 Å². The van der Waals surface area contributed by atoms with E-state index in [1.54, 1.807) is 36.4 Å². The van der Waals surface area contributed by atoms with Crippen LogP contribution in [0.25, 0.3) is 0 Å². The molecule has 5 aliphatic heterocycles. The maximum Gasteiger partial charge on any atom is 0.266 e. The van der Waals surface area contributed by atoms with Gasteiger partial charge in [-0.1, -0.05) is 49.8 Å². The molecule has 0 radical (unpaired) electrons. The van der Waals surface area contributed by atoms with E-state index in [-0.39, 0.29) is 48.1 Å². The summed E-state index contributed by atoms with van der Waals surface area (Å²) in [4.78, 5) is 72.0. The molecular formula is C47H53ClN6O7. The van der Waals surface area contributed by atoms with Crippen molar-refractivity contribution in [3.63, 3.8) is 0 Å². The number of nitrogens with zero attached hydrogens (tertiary/aromatic N) is 5. The van der Waals surface area contributed by atoms with E-state index in [2.05, 4.69) is 38.2 Å². The summed E-state index contributed by atoms with van der Waals surface area (Å²) in [5, 5.41) is 11.8. The van der Waals surface area contributed by atoms with Crippen LogP contribution in [-0.4, -0.2) is 108 Å². The molecule has 5 amide bonds. The van der Waals surface area contributed by atoms with Crippen LogP contribution < -0.4 is 19.7 Å². The van der Waals surface area contributed by atoms with Crippen molar-refractivity contribution in [2.24, 2.45) is 0 Å². The Balaban J connectivity index is 0.686. The maximum atomic E-state index is 13.7. The standard InChI is InChI=1S/C47H53ClN6O7/c48-39-29-36(18-13-32(39)30-49)61-37-27-34-16-17-35(28-37)53(34)45(57)31-11-14-33(15-12-31)52-24-22-51(23-25-52)21-6-4-2-1-3-5-7-26-60-41-10-8-9-38-43(41)47(59)54(46(38)58)40-19-20-42(55)50-44(40)56/h8-15,18,29,34-35,37,40H,1-7,16-17,19-28H2,(H,50,55,56)/t34-,35+,37?,40?. The van der Waals surface area contributed by atoms with Gasteiger partial charge in [0.2, 0.25) is 11.8 Å². The normalized spacial score (nSPS) is 22.6. The summed E-state index contributed by atoms with van der Waals surface area (Å²) in [6.45, 7) is 5.51. The molecule has 4 atom stereocenters. The number of anilines is 1. The fraction of sp³-hybridized carbons (Fsp3) is 0.489. The molecule has 3 aromatic carbocycles. The third kappa shape index (κ3) is 9.41. The van der Waals surface area contributed by atoms with Crippen molar-refractivity contribution in [1.29, 1.82) is 5.26 Å². The Labute approximate surface area is 361 Å². The predicted octanol–water partition coefficient (Wildman–Crippen LogP) is 6.76. The van der Waals surface area contributed by atoms with Gasteiger partial charge in [0.1, 0.15) is 29.7 Å². The quantitative estimate of drug-likeness (QED) is 0.121. The monoisotopic (exact) mass is 848 g/mol. The van der Waals surface area contributed by atoms with E-state index in [1.165, 1.54) is 19.3 Å². The Bertz CT molecular complexity index is 2170. The van der Waals surface area contributed by atoms with E-state index in [9.17, 15) is 24.0 Å². The van der Waals surface area contributed by atoms with E-state index in [1.807, 2.05) is 12.1 Å². The van der Waals surface area contributed by atoms with Crippen LogP contribution in [0.3, 0.4) is 0 Å². The molecule has 0 aliphatic carbocycles. The third-order valence-corrected chi connectivity index (χ3v) is 13.3. The molecule has 2 unspecified atom stereocenters. The molecular weight excluding hydrogens is 796 g/mol. The van der Waals surface area contributed by atoms with Gasteiger partial charge in [-0.05, 0) is 87.2 Å². The second-order valence-corrected chi connectivity index (χ2v) is 17.3. The number of hydrogen-bond acceptors (Lipinski definition) is 10. The summed E-state index contributed by atoms with van der Waals surface area (Å²) in [5.74, 6) is -0.994. The minimum atomic E-state index is -0.998. The molecule has 4 saturated heterocycles. The first-order valence-corrected chi connectivity index (χ1v) is 22.3. The topological polar surface area (TPSA) is 153 Å². The summed E-state index contributed by atoms with van der Waals surface area (Å²) in [6, 6.07) is 19.7. The van der Waals surface area contributed by atoms with Crippen LogP contribution in [0.5, 0.6) is 11.5 Å². The Morgan fingerprint density at radius 1 is 0.820 bits per heavy atom. The number of nitrogens with one attached hydrogen (secondary N) is 1. The van der Waals surface area contributed by atoms with Crippen molar-refractivity contribution in [3.8, 4) is 17.6 Å². The molecule has 1 N–H and O–H groups in total. The van der Waals surface area contributed by atoms with Gasteiger partial charge in [0, 0.05) is 74.8 Å². The lowest BCUT2D eigenvalue weighted by Gasteiger charge is -2.39. The number of hydrogen-bond donors (Lipinski definition) is 1. The first-order chi connectivity index (χ1) is 29.7. The van der Waals surface area contributed by atoms with Crippen LogP contribution >= 0.6 is 11.6 Å². The van der Waals surface area contributed by atoms with Crippen molar-refractivity contribution in [2.75, 3.05) is 44.2 Å². The molecule has 8 rings (SSSR count). The number of imide groups is 2. The number of rotatable bonds is 16. The molecule has 61 heavy (non-hydrogen) atoms. The smallest absolute Gasteiger partial charge is 0.266 e. The largest absolute Gasteiger partial charge is 0.493 e. The van der Waals surface area contributed by atoms with Crippen molar-refractivity contribution in [2.45, 2.75) is 108 Å². The lowest BCUT2D eigenvalue weighted by atomic mass is 9.98. The lowest BCUT2D eigenvalue weighted by molar-refractivity contribution is -0.136. The van der Waals surface area contributed by atoms with Gasteiger partial charge >= 0.3 is 0 Å². The minimum absolute atomic E-state index is 0.00976. The average molecular weight is 849 g/mol. The molecule has 3 aromatic rings. The predicted molar refractivity (Wildman–Crippen MR) is 229 cm³/mol. The summed E-state index contributed by atoms with van der Waals surface area (Å²) in [5.41, 5.74) is 2.74. The average Bonchev–Trinajstić information content (AvgIpc) is 3.68. The Morgan fingerprint density at radius 2 is 1.52 bits per heavy atom. The van der Waals surface area contributed by atoms with E-state index in [4.69, 9.17) is 26.3 Å². The molecule has 5 aliphatic rings. The number of ether oxygens (including phenoxy) is 2. The number of carbonyl (C=O) groups is 5. The number of benzene rings is 3. The van der Waals surface area contributed by atoms with Gasteiger partial charge in [0.25, 0.3) is 17.7 Å². The van der Waals surface area contributed by atoms with Gasteiger partial charge in [-0.3, -0.25) is 39.1 Å². The van der Waals surface area contributed by atoms with Crippen molar-refractivity contribution >= 4 is 46.8 Å². The highest BCUT2D eigenvalue weighted by molar-refractivity contribution is 6.31. The van der Waals surface area contributed by atoms with Crippen LogP contribution in [0.15, 0.2) is 60.7 Å². The summed E-state index contributed by atoms with van der Waals surface area (Å²) < 4.78 is 12.2. The Kier molecular flexibility index (Phi) is 13.2. The molecule has 14 heteroatoms. The van der Waals surface area contributed by atoms with Crippen LogP contribution in [0.4, 0.5) is 5.69 Å². The third-order valence-electron chi connectivity index (χ3n) is 12.9. The van der Waals surface area contributed by atoms with Crippen molar-refractivity contribution in [1.82, 2.24) is 20.0 Å². The number of amides is 5. The second-order valence-electron chi connectivity index (χ2n) is 16.9. The molecule has 4 fully saturated rings. The SMILES string of the molecule is N#Cc1ccc(OC2C[C@H]3CC[C@@H](C2)N3C(=O)c2ccc(N3CCN(CCCCCCCCCOc4cccc5c4C(=O)N(C4CCC(=O)NC4=O)C5=O)CC3)cc2)cc1Cl. The van der Waals surface area contributed by atoms with Gasteiger partial charge in [0.15, 0.2) is 0 Å². The number of piperidine rings is 2. The van der Waals surface area contributed by atoms with Crippen LogP contribution in [-0.2, 0) is 9.59 Å². The highest BCUT2D eigenvalue weighted by atomic mass is 35.5. The molecule has 0 spiro atoms. The van der Waals surface area contributed by atoms with Gasteiger partial charge < -0.3 is 19.3 Å². The van der Waals surface area contributed by atoms with E-state index in [0.717, 1.165) is 100 Å². The van der Waals surface area contributed by atoms with Gasteiger partial charge in [-0.2, -0.15) is 5.26 Å². The second kappa shape index (κ2) is 19.1. The molecule has 5 heterocycles. The molecule has 2 bridgehead atoms. The van der Waals surface area contributed by atoms with Gasteiger partial charge in [-0.15, -0.1) is 0 Å². The first-order valence-electron chi connectivity index (χ1n) is 21.9. The summed E-state index contributed by atoms with van der Waals surface area (Å²) >= 11 is 6.22. The number of unbranched alkanes of at least 4 members (excludes halogenated alkanes) is 6. The Morgan fingerprint density at radius 3 is 2.21 bits per heavy atom. The number of piperazine rings is 1. The van der Waals surface area contributed by atoms with E-state index in [0.29, 0.717) is 28.7 Å². The highest BCUT2D eigenvalue weighted by Gasteiger charge is 2.46. The van der Waals surface area contributed by atoms with Crippen molar-refractivity contribution in [3.05, 3.63) is 87.9 Å². The number of fused-ring (bicyclic) bond motifs is 3. The number of nitriles is 1. The first kappa shape index (κ1) is 42.2. The van der Waals surface area contributed by atoms with Crippen LogP contribution in [0, 0.1) is 11.3 Å². The van der Waals surface area contributed by atoms with Gasteiger partial charge in [0.05, 0.1) is 28.3 Å². The van der Waals surface area contributed by atoms with E-state index < -0.39 is 29.7 Å². The number of halogens is 1. The molecule has 13 nitrogen and oxygen atoms in total. The molecule has 0 aromatic heterocycles.